The molecule has 0 bridgehead atoms. The lowest BCUT2D eigenvalue weighted by molar-refractivity contribution is -0.117. The molecule has 0 spiro atoms. The van der Waals surface area contributed by atoms with Crippen molar-refractivity contribution >= 4 is 17.7 Å². The smallest absolute Gasteiger partial charge is 0.244 e. The SMILES string of the molecule is CC(NC(=O)/C=C/c1cccc(F)c1F)c1cccc(N2CCOCC2)c1. The van der Waals surface area contributed by atoms with Crippen LogP contribution in [-0.4, -0.2) is 32.2 Å². The third-order valence-corrected chi connectivity index (χ3v) is 4.50. The lowest BCUT2D eigenvalue weighted by atomic mass is 10.1. The molecule has 0 aromatic heterocycles. The number of rotatable bonds is 5. The standard InChI is InChI=1S/C21H22F2N2O2/c1-15(17-5-2-6-18(14-17)25-10-12-27-13-11-25)24-20(26)9-8-16-4-3-7-19(22)21(16)23/h2-9,14-15H,10-13H2,1H3,(H,24,26)/b9-8+. The maximum atomic E-state index is 13.6. The largest absolute Gasteiger partial charge is 0.378 e. The third kappa shape index (κ3) is 4.92. The number of nitrogens with zero attached hydrogens (tertiary/aromatic N) is 1. The summed E-state index contributed by atoms with van der Waals surface area (Å²) in [5, 5.41) is 2.85. The van der Waals surface area contributed by atoms with Crippen LogP contribution in [0.1, 0.15) is 24.1 Å². The van der Waals surface area contributed by atoms with Crippen LogP contribution in [-0.2, 0) is 9.53 Å². The topological polar surface area (TPSA) is 41.6 Å². The van der Waals surface area contributed by atoms with Gasteiger partial charge in [-0.15, -0.1) is 0 Å². The molecule has 6 heteroatoms. The van der Waals surface area contributed by atoms with Gasteiger partial charge in [-0.05, 0) is 36.8 Å². The molecule has 4 nitrogen and oxygen atoms in total. The molecule has 142 valence electrons. The molecule has 0 aliphatic carbocycles. The van der Waals surface area contributed by atoms with Gasteiger partial charge in [-0.2, -0.15) is 0 Å². The third-order valence-electron chi connectivity index (χ3n) is 4.50. The predicted molar refractivity (Wildman–Crippen MR) is 101 cm³/mol. The number of hydrogen-bond donors (Lipinski definition) is 1. The Bertz CT molecular complexity index is 833. The van der Waals surface area contributed by atoms with Crippen LogP contribution < -0.4 is 10.2 Å². The number of hydrogen-bond acceptors (Lipinski definition) is 3. The summed E-state index contributed by atoms with van der Waals surface area (Å²) in [5.41, 5.74) is 2.10. The molecule has 1 saturated heterocycles. The Kier molecular flexibility index (Phi) is 6.19. The van der Waals surface area contributed by atoms with Crippen molar-refractivity contribution in [2.45, 2.75) is 13.0 Å². The summed E-state index contributed by atoms with van der Waals surface area (Å²) in [5.74, 6) is -2.28. The monoisotopic (exact) mass is 372 g/mol. The number of morpholine rings is 1. The normalized spacial score (nSPS) is 15.7. The summed E-state index contributed by atoms with van der Waals surface area (Å²) in [4.78, 5) is 14.4. The van der Waals surface area contributed by atoms with Crippen molar-refractivity contribution in [2.75, 3.05) is 31.2 Å². The van der Waals surface area contributed by atoms with E-state index in [4.69, 9.17) is 4.74 Å². The predicted octanol–water partition coefficient (Wildman–Crippen LogP) is 3.69. The van der Waals surface area contributed by atoms with Crippen LogP contribution in [0.5, 0.6) is 0 Å². The molecule has 1 atom stereocenters. The molecule has 1 aliphatic rings. The van der Waals surface area contributed by atoms with E-state index in [0.717, 1.165) is 30.4 Å². The van der Waals surface area contributed by atoms with Crippen LogP contribution in [0.15, 0.2) is 48.5 Å². The average molecular weight is 372 g/mol. The summed E-state index contributed by atoms with van der Waals surface area (Å²) in [6.45, 7) is 4.97. The van der Waals surface area contributed by atoms with Gasteiger partial charge in [-0.3, -0.25) is 4.79 Å². The summed E-state index contributed by atoms with van der Waals surface area (Å²) in [6, 6.07) is 11.6. The second kappa shape index (κ2) is 8.77. The Labute approximate surface area is 157 Å². The highest BCUT2D eigenvalue weighted by Gasteiger charge is 2.14. The van der Waals surface area contributed by atoms with Crippen molar-refractivity contribution in [1.82, 2.24) is 5.32 Å². The number of benzene rings is 2. The van der Waals surface area contributed by atoms with E-state index in [-0.39, 0.29) is 17.5 Å². The lowest BCUT2D eigenvalue weighted by Crippen LogP contribution is -2.36. The van der Waals surface area contributed by atoms with Gasteiger partial charge in [0.25, 0.3) is 0 Å². The fourth-order valence-corrected chi connectivity index (χ4v) is 2.97. The van der Waals surface area contributed by atoms with Crippen LogP contribution in [0, 0.1) is 11.6 Å². The van der Waals surface area contributed by atoms with Gasteiger partial charge in [0.15, 0.2) is 11.6 Å². The van der Waals surface area contributed by atoms with Gasteiger partial charge in [-0.25, -0.2) is 8.78 Å². The molecule has 1 N–H and O–H groups in total. The molecule has 27 heavy (non-hydrogen) atoms. The van der Waals surface area contributed by atoms with Gasteiger partial charge in [-0.1, -0.05) is 24.3 Å². The van der Waals surface area contributed by atoms with Gasteiger partial charge >= 0.3 is 0 Å². The highest BCUT2D eigenvalue weighted by atomic mass is 19.2. The van der Waals surface area contributed by atoms with Crippen molar-refractivity contribution in [3.63, 3.8) is 0 Å². The van der Waals surface area contributed by atoms with E-state index in [1.807, 2.05) is 31.2 Å². The number of anilines is 1. The first kappa shape index (κ1) is 19.0. The summed E-state index contributed by atoms with van der Waals surface area (Å²) >= 11 is 0. The molecule has 1 fully saturated rings. The molecule has 1 aliphatic heterocycles. The number of carbonyl (C=O) groups is 1. The molecule has 0 saturated carbocycles. The van der Waals surface area contributed by atoms with E-state index in [1.54, 1.807) is 0 Å². The molecule has 2 aromatic rings. The highest BCUT2D eigenvalue weighted by Crippen LogP contribution is 2.21. The maximum Gasteiger partial charge on any atom is 0.244 e. The fraction of sp³-hybridized carbons (Fsp3) is 0.286. The zero-order valence-electron chi connectivity index (χ0n) is 15.1. The minimum atomic E-state index is -0.965. The minimum Gasteiger partial charge on any atom is -0.378 e. The fourth-order valence-electron chi connectivity index (χ4n) is 2.97. The summed E-state index contributed by atoms with van der Waals surface area (Å²) < 4.78 is 32.2. The molecule has 2 aromatic carbocycles. The summed E-state index contributed by atoms with van der Waals surface area (Å²) in [6.07, 6.45) is 2.48. The Balaban J connectivity index is 1.64. The Morgan fingerprint density at radius 2 is 1.93 bits per heavy atom. The van der Waals surface area contributed by atoms with Crippen molar-refractivity contribution in [3.8, 4) is 0 Å². The molecular formula is C21H22F2N2O2. The number of halogens is 2. The lowest BCUT2D eigenvalue weighted by Gasteiger charge is -2.29. The molecular weight excluding hydrogens is 350 g/mol. The Morgan fingerprint density at radius 3 is 2.70 bits per heavy atom. The molecule has 1 amide bonds. The van der Waals surface area contributed by atoms with Crippen LogP contribution in [0.4, 0.5) is 14.5 Å². The van der Waals surface area contributed by atoms with Crippen LogP contribution in [0.25, 0.3) is 6.08 Å². The number of ether oxygens (including phenoxy) is 1. The quantitative estimate of drug-likeness (QED) is 0.814. The number of amides is 1. The van der Waals surface area contributed by atoms with Gasteiger partial charge in [0.1, 0.15) is 0 Å². The number of nitrogens with one attached hydrogen (secondary N) is 1. The molecule has 1 heterocycles. The highest BCUT2D eigenvalue weighted by molar-refractivity contribution is 5.92. The van der Waals surface area contributed by atoms with Gasteiger partial charge in [0, 0.05) is 30.4 Å². The van der Waals surface area contributed by atoms with Crippen molar-refractivity contribution in [2.24, 2.45) is 0 Å². The summed E-state index contributed by atoms with van der Waals surface area (Å²) in [7, 11) is 0. The molecule has 1 unspecified atom stereocenters. The van der Waals surface area contributed by atoms with E-state index in [9.17, 15) is 13.6 Å². The van der Waals surface area contributed by atoms with E-state index in [0.29, 0.717) is 13.2 Å². The van der Waals surface area contributed by atoms with Crippen LogP contribution in [0.2, 0.25) is 0 Å². The van der Waals surface area contributed by atoms with E-state index < -0.39 is 11.6 Å². The maximum absolute atomic E-state index is 13.6. The first-order chi connectivity index (χ1) is 13.0. The van der Waals surface area contributed by atoms with Crippen LogP contribution >= 0.6 is 0 Å². The Morgan fingerprint density at radius 1 is 1.19 bits per heavy atom. The first-order valence-electron chi connectivity index (χ1n) is 8.90. The Hall–Kier alpha value is -2.73. The second-order valence-corrected chi connectivity index (χ2v) is 6.40. The number of carbonyl (C=O) groups excluding carboxylic acids is 1. The molecule has 0 radical (unpaired) electrons. The van der Waals surface area contributed by atoms with Crippen LogP contribution in [0.3, 0.4) is 0 Å². The van der Waals surface area contributed by atoms with E-state index in [2.05, 4.69) is 10.2 Å². The first-order valence-corrected chi connectivity index (χ1v) is 8.90. The van der Waals surface area contributed by atoms with Crippen molar-refractivity contribution in [1.29, 1.82) is 0 Å². The van der Waals surface area contributed by atoms with E-state index >= 15 is 0 Å². The van der Waals surface area contributed by atoms with Gasteiger partial charge in [0.05, 0.1) is 19.3 Å². The van der Waals surface area contributed by atoms with Crippen molar-refractivity contribution < 1.29 is 18.3 Å². The average Bonchev–Trinajstić information content (AvgIpc) is 2.70. The van der Waals surface area contributed by atoms with E-state index in [1.165, 1.54) is 24.3 Å². The molecule has 3 rings (SSSR count). The van der Waals surface area contributed by atoms with Gasteiger partial charge in [0.2, 0.25) is 5.91 Å². The zero-order chi connectivity index (χ0) is 19.2. The van der Waals surface area contributed by atoms with Gasteiger partial charge < -0.3 is 15.0 Å². The minimum absolute atomic E-state index is 0.0344. The van der Waals surface area contributed by atoms with Crippen molar-refractivity contribution in [3.05, 3.63) is 71.3 Å². The second-order valence-electron chi connectivity index (χ2n) is 6.40. The zero-order valence-corrected chi connectivity index (χ0v) is 15.1.